The van der Waals surface area contributed by atoms with Gasteiger partial charge in [0.2, 0.25) is 5.60 Å². The molecule has 3 aliphatic rings. The van der Waals surface area contributed by atoms with Crippen LogP contribution in [0, 0.1) is 28.6 Å². The Hall–Kier alpha value is -2.24. The molecule has 1 aromatic rings. The van der Waals surface area contributed by atoms with Gasteiger partial charge in [0.05, 0.1) is 5.41 Å². The van der Waals surface area contributed by atoms with Crippen molar-refractivity contribution in [1.29, 1.82) is 0 Å². The zero-order valence-electron chi connectivity index (χ0n) is 17.8. The van der Waals surface area contributed by atoms with E-state index in [9.17, 15) is 27.9 Å². The molecule has 3 atom stereocenters. The predicted molar refractivity (Wildman–Crippen MR) is 110 cm³/mol. The number of nitrogens with one attached hydrogen (secondary N) is 1. The molecule has 1 unspecified atom stereocenters. The van der Waals surface area contributed by atoms with Gasteiger partial charge in [-0.25, -0.2) is 0 Å². The number of fused-ring (bicyclic) bond motifs is 2. The lowest BCUT2D eigenvalue weighted by Crippen LogP contribution is -2.51. The van der Waals surface area contributed by atoms with Crippen molar-refractivity contribution < 1.29 is 32.6 Å². The van der Waals surface area contributed by atoms with Crippen LogP contribution in [-0.2, 0) is 19.9 Å². The number of aliphatic hydroxyl groups is 1. The van der Waals surface area contributed by atoms with Gasteiger partial charge in [-0.2, -0.15) is 13.2 Å². The topological polar surface area (TPSA) is 75.6 Å². The maximum absolute atomic E-state index is 14.0. The SMILES string of the molecule is CC1(C)[C@@]2(C)CC[C@]1(C(=O)Nc1ccc(Cl)cc1C(O)(C#CC1CC1)C(F)(F)F)OC2=O. The number of hydrogen-bond acceptors (Lipinski definition) is 4. The van der Waals surface area contributed by atoms with E-state index in [1.807, 2.05) is 5.92 Å². The number of halogens is 4. The van der Waals surface area contributed by atoms with E-state index in [0.29, 0.717) is 19.3 Å². The second-order valence-electron chi connectivity index (χ2n) is 9.57. The fourth-order valence-corrected chi connectivity index (χ4v) is 4.79. The fourth-order valence-electron chi connectivity index (χ4n) is 4.62. The Morgan fingerprint density at radius 3 is 2.41 bits per heavy atom. The van der Waals surface area contributed by atoms with E-state index in [1.54, 1.807) is 20.8 Å². The molecule has 1 heterocycles. The molecule has 2 aliphatic carbocycles. The second-order valence-corrected chi connectivity index (χ2v) is 10.0. The first-order valence-corrected chi connectivity index (χ1v) is 10.7. The molecule has 2 N–H and O–H groups in total. The van der Waals surface area contributed by atoms with E-state index in [2.05, 4.69) is 11.2 Å². The summed E-state index contributed by atoms with van der Waals surface area (Å²) in [6, 6.07) is 3.42. The smallest absolute Gasteiger partial charge is 0.433 e. The number of benzene rings is 1. The molecular formula is C23H23ClF3NO4. The van der Waals surface area contributed by atoms with Crippen LogP contribution < -0.4 is 5.32 Å². The summed E-state index contributed by atoms with van der Waals surface area (Å²) in [7, 11) is 0. The second kappa shape index (κ2) is 6.88. The summed E-state index contributed by atoms with van der Waals surface area (Å²) >= 11 is 5.95. The summed E-state index contributed by atoms with van der Waals surface area (Å²) in [5, 5.41) is 13.1. The van der Waals surface area contributed by atoms with Crippen molar-refractivity contribution in [2.24, 2.45) is 16.7 Å². The number of carbonyl (C=O) groups excluding carboxylic acids is 2. The third kappa shape index (κ3) is 3.05. The van der Waals surface area contributed by atoms with Gasteiger partial charge in [0.25, 0.3) is 5.91 Å². The molecule has 3 fully saturated rings. The monoisotopic (exact) mass is 469 g/mol. The van der Waals surface area contributed by atoms with Gasteiger partial charge in [-0.05, 0) is 50.8 Å². The van der Waals surface area contributed by atoms with Crippen molar-refractivity contribution in [3.8, 4) is 11.8 Å². The molecule has 9 heteroatoms. The molecule has 2 bridgehead atoms. The van der Waals surface area contributed by atoms with Gasteiger partial charge in [0.15, 0.2) is 5.60 Å². The zero-order chi connectivity index (χ0) is 23.7. The molecule has 0 radical (unpaired) electrons. The van der Waals surface area contributed by atoms with Crippen LogP contribution in [0.5, 0.6) is 0 Å². The Morgan fingerprint density at radius 1 is 1.25 bits per heavy atom. The summed E-state index contributed by atoms with van der Waals surface area (Å²) in [5.74, 6) is 2.97. The van der Waals surface area contributed by atoms with Crippen LogP contribution >= 0.6 is 11.6 Å². The molecule has 0 spiro atoms. The summed E-state index contributed by atoms with van der Waals surface area (Å²) < 4.78 is 47.5. The Balaban J connectivity index is 1.76. The van der Waals surface area contributed by atoms with Crippen LogP contribution in [-0.4, -0.2) is 28.8 Å². The third-order valence-corrected chi connectivity index (χ3v) is 7.75. The number of amides is 1. The van der Waals surface area contributed by atoms with E-state index in [1.165, 1.54) is 12.1 Å². The zero-order valence-corrected chi connectivity index (χ0v) is 18.6. The minimum atomic E-state index is -5.15. The van der Waals surface area contributed by atoms with Gasteiger partial charge in [-0.15, -0.1) is 0 Å². The minimum absolute atomic E-state index is 0.0619. The highest BCUT2D eigenvalue weighted by Gasteiger charge is 2.75. The number of anilines is 1. The quantitative estimate of drug-likeness (QED) is 0.502. The standard InChI is InChI=1S/C23H23ClF3NO4/c1-19(2)20(3)10-11-22(19,32-18(20)30)17(29)28-16-7-6-14(24)12-15(16)21(31,23(25,26)27)9-8-13-4-5-13/h6-7,12-13,31H,4-5,10-11H2,1-3H3,(H,28,29)/t20-,21?,22+/m0/s1. The molecule has 172 valence electrons. The van der Waals surface area contributed by atoms with Crippen molar-refractivity contribution in [3.05, 3.63) is 28.8 Å². The van der Waals surface area contributed by atoms with Gasteiger partial charge in [0, 0.05) is 27.6 Å². The van der Waals surface area contributed by atoms with E-state index in [0.717, 1.165) is 6.07 Å². The lowest BCUT2D eigenvalue weighted by molar-refractivity contribution is -0.240. The van der Waals surface area contributed by atoms with Crippen LogP contribution in [0.2, 0.25) is 5.02 Å². The first-order valence-electron chi connectivity index (χ1n) is 10.3. The Bertz CT molecular complexity index is 1070. The van der Waals surface area contributed by atoms with Crippen LogP contribution in [0.15, 0.2) is 18.2 Å². The molecule has 1 amide bonds. The highest BCUT2D eigenvalue weighted by Crippen LogP contribution is 2.65. The number of hydrogen-bond donors (Lipinski definition) is 2. The average Bonchev–Trinajstić information content (AvgIpc) is 3.47. The van der Waals surface area contributed by atoms with Gasteiger partial charge in [-0.3, -0.25) is 9.59 Å². The predicted octanol–water partition coefficient (Wildman–Crippen LogP) is 4.56. The van der Waals surface area contributed by atoms with Gasteiger partial charge in [-0.1, -0.05) is 37.3 Å². The molecular weight excluding hydrogens is 447 g/mol. The number of rotatable bonds is 3. The highest BCUT2D eigenvalue weighted by atomic mass is 35.5. The van der Waals surface area contributed by atoms with Crippen molar-refractivity contribution >= 4 is 29.2 Å². The molecule has 2 saturated carbocycles. The summed E-state index contributed by atoms with van der Waals surface area (Å²) in [6.07, 6.45) is -3.16. The number of ether oxygens (including phenoxy) is 1. The van der Waals surface area contributed by atoms with E-state index in [-0.39, 0.29) is 23.0 Å². The minimum Gasteiger partial charge on any atom is -0.448 e. The van der Waals surface area contributed by atoms with Crippen LogP contribution in [0.25, 0.3) is 0 Å². The summed E-state index contributed by atoms with van der Waals surface area (Å²) in [5.41, 5.74) is -7.82. The number of esters is 1. The van der Waals surface area contributed by atoms with Crippen molar-refractivity contribution in [2.45, 2.75) is 63.8 Å². The Kier molecular flexibility index (Phi) is 4.93. The van der Waals surface area contributed by atoms with Gasteiger partial charge < -0.3 is 15.2 Å². The molecule has 1 saturated heterocycles. The van der Waals surface area contributed by atoms with Gasteiger partial charge >= 0.3 is 12.1 Å². The first kappa shape index (κ1) is 22.9. The number of alkyl halides is 3. The Morgan fingerprint density at radius 2 is 1.91 bits per heavy atom. The molecule has 1 aromatic carbocycles. The molecule has 0 aromatic heterocycles. The van der Waals surface area contributed by atoms with Crippen LogP contribution in [0.4, 0.5) is 18.9 Å². The Labute approximate surface area is 188 Å². The van der Waals surface area contributed by atoms with Crippen molar-refractivity contribution in [3.63, 3.8) is 0 Å². The molecule has 32 heavy (non-hydrogen) atoms. The van der Waals surface area contributed by atoms with Crippen molar-refractivity contribution in [1.82, 2.24) is 0 Å². The lowest BCUT2D eigenvalue weighted by atomic mass is 9.66. The van der Waals surface area contributed by atoms with E-state index >= 15 is 0 Å². The maximum atomic E-state index is 14.0. The largest absolute Gasteiger partial charge is 0.448 e. The molecule has 1 aliphatic heterocycles. The van der Waals surface area contributed by atoms with Gasteiger partial charge in [0.1, 0.15) is 0 Å². The normalized spacial score (nSPS) is 30.2. The van der Waals surface area contributed by atoms with E-state index in [4.69, 9.17) is 16.3 Å². The van der Waals surface area contributed by atoms with Crippen molar-refractivity contribution in [2.75, 3.05) is 5.32 Å². The first-order chi connectivity index (χ1) is 14.7. The highest BCUT2D eigenvalue weighted by molar-refractivity contribution is 6.30. The van der Waals surface area contributed by atoms with E-state index < -0.39 is 45.6 Å². The summed E-state index contributed by atoms with van der Waals surface area (Å²) in [6.45, 7) is 5.20. The molecule has 4 rings (SSSR count). The third-order valence-electron chi connectivity index (χ3n) is 7.51. The fraction of sp³-hybridized carbons (Fsp3) is 0.565. The van der Waals surface area contributed by atoms with Crippen LogP contribution in [0.3, 0.4) is 0 Å². The molecule has 5 nitrogen and oxygen atoms in total. The lowest BCUT2D eigenvalue weighted by Gasteiger charge is -2.36. The summed E-state index contributed by atoms with van der Waals surface area (Å²) in [4.78, 5) is 25.8. The van der Waals surface area contributed by atoms with Crippen LogP contribution in [0.1, 0.15) is 52.0 Å². The number of carbonyl (C=O) groups is 2. The average molecular weight is 470 g/mol. The maximum Gasteiger partial charge on any atom is 0.433 e.